The number of rotatable bonds is 12. The molecule has 20 nitrogen and oxygen atoms in total. The van der Waals surface area contributed by atoms with Crippen molar-refractivity contribution >= 4 is 27.5 Å². The molecule has 4 N–H and O–H groups in total. The second kappa shape index (κ2) is 20.7. The highest BCUT2D eigenvalue weighted by Crippen LogP contribution is 2.59. The van der Waals surface area contributed by atoms with E-state index in [1.807, 2.05) is 0 Å². The van der Waals surface area contributed by atoms with Crippen LogP contribution in [0, 0.1) is 23.3 Å². The zero-order chi connectivity index (χ0) is 51.3. The van der Waals surface area contributed by atoms with Crippen LogP contribution in [0.1, 0.15) is 86.9 Å². The highest BCUT2D eigenvalue weighted by Gasteiger charge is 2.60. The van der Waals surface area contributed by atoms with Gasteiger partial charge in [0.25, 0.3) is 12.1 Å². The van der Waals surface area contributed by atoms with Gasteiger partial charge in [0, 0.05) is 49.0 Å². The van der Waals surface area contributed by atoms with Gasteiger partial charge in [0.2, 0.25) is 5.91 Å². The number of nitrogens with zero attached hydrogens (tertiary/aromatic N) is 2. The van der Waals surface area contributed by atoms with Crippen LogP contribution in [0.3, 0.4) is 0 Å². The van der Waals surface area contributed by atoms with Crippen LogP contribution in [0.4, 0.5) is 17.6 Å². The van der Waals surface area contributed by atoms with Crippen molar-refractivity contribution in [3.63, 3.8) is 0 Å². The Labute approximate surface area is 410 Å². The summed E-state index contributed by atoms with van der Waals surface area (Å²) in [4.78, 5) is 25.0. The van der Waals surface area contributed by atoms with E-state index in [0.717, 1.165) is 36.4 Å². The molecule has 0 spiro atoms. The summed E-state index contributed by atoms with van der Waals surface area (Å²) >= 11 is 0. The molecule has 12 atom stereocenters. The molecule has 8 heterocycles. The number of phosphoric ester groups is 2. The number of phosphoric acid groups is 2. The van der Waals surface area contributed by atoms with E-state index < -0.39 is 124 Å². The molecule has 7 aliphatic heterocycles. The molecule has 10 rings (SSSR count). The first-order valence-corrected chi connectivity index (χ1v) is 25.8. The number of carbonyl (C=O) groups excluding carboxylic acids is 2. The summed E-state index contributed by atoms with van der Waals surface area (Å²) in [6.45, 7) is 6.56. The molecule has 1 aromatic heterocycles. The van der Waals surface area contributed by atoms with Gasteiger partial charge in [-0.1, -0.05) is 6.08 Å². The molecule has 0 aliphatic carbocycles. The zero-order valence-corrected chi connectivity index (χ0v) is 41.0. The smallest absolute Gasteiger partial charge is 0.366 e. The molecular weight excluding hydrogens is 1000 g/mol. The van der Waals surface area contributed by atoms with Crippen molar-refractivity contribution in [2.75, 3.05) is 26.4 Å². The second-order valence-corrected chi connectivity index (χ2v) is 21.8. The van der Waals surface area contributed by atoms with Gasteiger partial charge in [0.05, 0.1) is 38.6 Å². The third-order valence-corrected chi connectivity index (χ3v) is 15.2. The molecule has 72 heavy (non-hydrogen) atoms. The summed E-state index contributed by atoms with van der Waals surface area (Å²) in [6, 6.07) is 9.17. The summed E-state index contributed by atoms with van der Waals surface area (Å²) in [5.41, 5.74) is 11.9. The largest absolute Gasteiger partial charge is 0.475 e. The number of ether oxygens (including phenoxy) is 6. The molecule has 0 saturated carbocycles. The average Bonchev–Trinajstić information content (AvgIpc) is 4.02. The summed E-state index contributed by atoms with van der Waals surface area (Å²) in [6.07, 6.45) is 2.35. The molecule has 2 amide bonds. The number of primary amides is 2. The summed E-state index contributed by atoms with van der Waals surface area (Å²) < 4.78 is 152. The van der Waals surface area contributed by atoms with Crippen molar-refractivity contribution in [1.82, 2.24) is 4.90 Å². The lowest BCUT2D eigenvalue weighted by Crippen LogP contribution is -2.46. The molecule has 3 aromatic rings. The van der Waals surface area contributed by atoms with Crippen LogP contribution < -0.4 is 16.0 Å². The molecule has 0 bridgehead atoms. The number of fused-ring (bicyclic) bond motifs is 2. The van der Waals surface area contributed by atoms with Crippen LogP contribution in [0.2, 0.25) is 0 Å². The van der Waals surface area contributed by atoms with E-state index in [1.165, 1.54) is 0 Å². The molecule has 7 aliphatic rings. The fourth-order valence-electron chi connectivity index (χ4n) is 9.23. The van der Waals surface area contributed by atoms with E-state index in [9.17, 15) is 36.3 Å². The van der Waals surface area contributed by atoms with Crippen molar-refractivity contribution in [3.8, 4) is 0 Å². The lowest BCUT2D eigenvalue weighted by molar-refractivity contribution is -0.766. The van der Waals surface area contributed by atoms with Crippen LogP contribution in [-0.2, 0) is 69.5 Å². The summed E-state index contributed by atoms with van der Waals surface area (Å²) in [7, 11) is -8.17. The minimum Gasteiger partial charge on any atom is -0.366 e. The van der Waals surface area contributed by atoms with Gasteiger partial charge in [0.15, 0.2) is 36.3 Å². The van der Waals surface area contributed by atoms with Crippen LogP contribution in [-0.4, -0.2) is 97.6 Å². The minimum atomic E-state index is -4.09. The Morgan fingerprint density at radius 2 is 1.22 bits per heavy atom. The second-order valence-electron chi connectivity index (χ2n) is 18.5. The first kappa shape index (κ1) is 52.4. The van der Waals surface area contributed by atoms with Crippen LogP contribution in [0.25, 0.3) is 0 Å². The van der Waals surface area contributed by atoms with Gasteiger partial charge < -0.3 is 44.8 Å². The fraction of sp³-hybridized carbons (Fsp3) is 0.500. The standard InChI is InChI=1S/C23H27F2N2O8P.C23H25F2N2O8P/c2*1-23(2)33-19-18(32-22(20(19)34-23)27-6-3-4-13(11-27)21(26)28)12-31-36(29)30-7-5-17(35-36)14-8-15(24)10-16(25)9-14/h3,6,8-11,17-20,22H,4-5,7,12H2,1-2H3,(H2,26,28);3-4,6,8-11,17-20,22H,5,7,12H2,1-2H3,(H-,26,28)/p+1/t2*17?,18?,19-,20-,22-,36?/m11/s1. The topological polar surface area (TPSA) is 238 Å². The van der Waals surface area contributed by atoms with E-state index in [2.05, 4.69) is 0 Å². The number of aromatic nitrogens is 1. The van der Waals surface area contributed by atoms with Gasteiger partial charge in [-0.05, 0) is 75.6 Å². The molecule has 26 heteroatoms. The van der Waals surface area contributed by atoms with Gasteiger partial charge in [-0.3, -0.25) is 36.7 Å². The highest BCUT2D eigenvalue weighted by molar-refractivity contribution is 7.48. The maximum absolute atomic E-state index is 13.7. The van der Waals surface area contributed by atoms with Gasteiger partial charge in [-0.15, -0.1) is 0 Å². The Morgan fingerprint density at radius 1 is 0.722 bits per heavy atom. The van der Waals surface area contributed by atoms with Crippen molar-refractivity contribution < 1.29 is 96.4 Å². The molecule has 390 valence electrons. The highest BCUT2D eigenvalue weighted by atomic mass is 31.2. The van der Waals surface area contributed by atoms with Crippen molar-refractivity contribution in [3.05, 3.63) is 125 Å². The maximum atomic E-state index is 13.7. The normalized spacial score (nSPS) is 34.4. The molecule has 0 radical (unpaired) electrons. The third-order valence-electron chi connectivity index (χ3n) is 12.3. The number of amides is 2. The minimum absolute atomic E-state index is 0.00266. The van der Waals surface area contributed by atoms with E-state index in [4.69, 9.17) is 67.0 Å². The lowest BCUT2D eigenvalue weighted by Gasteiger charge is -2.32. The van der Waals surface area contributed by atoms with Gasteiger partial charge >= 0.3 is 15.6 Å². The molecular formula is C46H53F4N4O16P2+. The van der Waals surface area contributed by atoms with Crippen molar-refractivity contribution in [2.45, 2.75) is 120 Å². The quantitative estimate of drug-likeness (QED) is 0.112. The van der Waals surface area contributed by atoms with E-state index in [0.29, 0.717) is 12.0 Å². The van der Waals surface area contributed by atoms with Crippen molar-refractivity contribution in [1.29, 1.82) is 0 Å². The van der Waals surface area contributed by atoms with E-state index >= 15 is 0 Å². The van der Waals surface area contributed by atoms with Gasteiger partial charge in [-0.25, -0.2) is 26.7 Å². The number of nitrogens with two attached hydrogens (primary N) is 2. The van der Waals surface area contributed by atoms with Crippen LogP contribution in [0.15, 0.2) is 85.0 Å². The van der Waals surface area contributed by atoms with Gasteiger partial charge in [0.1, 0.15) is 59.4 Å². The number of halogens is 4. The average molecular weight is 1060 g/mol. The first-order chi connectivity index (χ1) is 34.0. The predicted octanol–water partition coefficient (Wildman–Crippen LogP) is 6.47. The number of hydrogen-bond donors (Lipinski definition) is 2. The van der Waals surface area contributed by atoms with Gasteiger partial charge in [-0.2, -0.15) is 4.57 Å². The maximum Gasteiger partial charge on any atom is 0.475 e. The number of hydrogen-bond acceptors (Lipinski definition) is 17. The number of pyridine rings is 1. The number of carbonyl (C=O) groups is 2. The fourth-order valence-corrected chi connectivity index (χ4v) is 12.0. The van der Waals surface area contributed by atoms with E-state index in [-0.39, 0.29) is 56.0 Å². The Bertz CT molecular complexity index is 2680. The predicted molar refractivity (Wildman–Crippen MR) is 237 cm³/mol. The Kier molecular flexibility index (Phi) is 15.0. The number of allylic oxidation sites excluding steroid dienone is 1. The SMILES string of the molecule is CC1(C)O[C@@H]2[C@H](O1)C(COP1(=O)OCCC(c3cc(F)cc(F)c3)O1)O[C@H]2N1C=CCC(C(N)=O)=C1.CC1(C)O[C@@H]2[C@H](O1)C(COP1(=O)OCCC(c3cc(F)cc(F)c3)O1)O[C@H]2[n+]1cccc(C(N)=O)c1. The molecule has 6 unspecified atom stereocenters. The molecule has 6 saturated heterocycles. The van der Waals surface area contributed by atoms with Crippen molar-refractivity contribution in [2.24, 2.45) is 11.5 Å². The van der Waals surface area contributed by atoms with E-state index in [1.54, 1.807) is 80.2 Å². The molecule has 2 aromatic carbocycles. The molecule has 6 fully saturated rings. The van der Waals surface area contributed by atoms with Crippen LogP contribution >= 0.6 is 15.6 Å². The summed E-state index contributed by atoms with van der Waals surface area (Å²) in [5, 5.41) is 0. The zero-order valence-electron chi connectivity index (χ0n) is 39.2. The van der Waals surface area contributed by atoms with Crippen LogP contribution in [0.5, 0.6) is 0 Å². The lowest BCUT2D eigenvalue weighted by atomic mass is 10.1. The first-order valence-electron chi connectivity index (χ1n) is 22.9. The summed E-state index contributed by atoms with van der Waals surface area (Å²) in [5.74, 6) is -6.06. The third kappa shape index (κ3) is 11.9. The Morgan fingerprint density at radius 3 is 1.75 bits per heavy atom. The number of benzene rings is 2. The Balaban J connectivity index is 0.000000178. The monoisotopic (exact) mass is 1060 g/mol. The Hall–Kier alpha value is -4.49.